The fourth-order valence-electron chi connectivity index (χ4n) is 3.08. The van der Waals surface area contributed by atoms with Crippen LogP contribution in [-0.4, -0.2) is 67.7 Å². The van der Waals surface area contributed by atoms with E-state index in [1.54, 1.807) is 0 Å². The lowest BCUT2D eigenvalue weighted by molar-refractivity contribution is -0.137. The van der Waals surface area contributed by atoms with Gasteiger partial charge in [-0.3, -0.25) is 9.69 Å². The molecule has 0 aromatic carbocycles. The average molecular weight is 283 g/mol. The molecule has 2 aliphatic heterocycles. The highest BCUT2D eigenvalue weighted by Gasteiger charge is 2.29. The summed E-state index contributed by atoms with van der Waals surface area (Å²) in [5, 5.41) is 0. The molecule has 0 saturated carbocycles. The molecular weight excluding hydrogens is 254 g/mol. The molecule has 2 rings (SSSR count). The van der Waals surface area contributed by atoms with Crippen molar-refractivity contribution in [1.82, 2.24) is 9.80 Å². The van der Waals surface area contributed by atoms with Crippen LogP contribution in [0.15, 0.2) is 0 Å². The number of nitrogens with zero attached hydrogens (tertiary/aromatic N) is 2. The first-order chi connectivity index (χ1) is 9.58. The van der Waals surface area contributed by atoms with E-state index in [0.29, 0.717) is 5.92 Å². The summed E-state index contributed by atoms with van der Waals surface area (Å²) < 4.78 is 5.39. The Morgan fingerprint density at radius 1 is 1.30 bits per heavy atom. The molecule has 1 amide bonds. The zero-order valence-electron chi connectivity index (χ0n) is 12.9. The van der Waals surface area contributed by atoms with Crippen molar-refractivity contribution >= 4 is 5.91 Å². The van der Waals surface area contributed by atoms with Crippen LogP contribution >= 0.6 is 0 Å². The van der Waals surface area contributed by atoms with Crippen LogP contribution in [0.5, 0.6) is 0 Å². The predicted molar refractivity (Wildman–Crippen MR) is 79.4 cm³/mol. The van der Waals surface area contributed by atoms with E-state index in [1.807, 2.05) is 18.7 Å². The van der Waals surface area contributed by atoms with Crippen LogP contribution in [0.3, 0.4) is 0 Å². The third-order valence-corrected chi connectivity index (χ3v) is 4.63. The van der Waals surface area contributed by atoms with Gasteiger partial charge in [0.15, 0.2) is 0 Å². The molecule has 2 aliphatic rings. The molecule has 0 aliphatic carbocycles. The Labute approximate surface area is 122 Å². The third-order valence-electron chi connectivity index (χ3n) is 4.63. The first-order valence-corrected chi connectivity index (χ1v) is 7.92. The monoisotopic (exact) mass is 283 g/mol. The Morgan fingerprint density at radius 2 is 2.00 bits per heavy atom. The number of morpholine rings is 1. The van der Waals surface area contributed by atoms with Gasteiger partial charge in [0.1, 0.15) is 0 Å². The fraction of sp³-hybridized carbons (Fsp3) is 0.933. The van der Waals surface area contributed by atoms with Gasteiger partial charge in [-0.1, -0.05) is 6.92 Å². The van der Waals surface area contributed by atoms with Crippen LogP contribution in [0.25, 0.3) is 0 Å². The molecular formula is C15H29N3O2. The van der Waals surface area contributed by atoms with Gasteiger partial charge < -0.3 is 15.4 Å². The van der Waals surface area contributed by atoms with E-state index in [0.717, 1.165) is 52.4 Å². The number of amides is 1. The molecule has 0 spiro atoms. The molecule has 5 nitrogen and oxygen atoms in total. The number of rotatable bonds is 4. The van der Waals surface area contributed by atoms with Gasteiger partial charge in [-0.25, -0.2) is 0 Å². The van der Waals surface area contributed by atoms with Crippen molar-refractivity contribution in [3.05, 3.63) is 0 Å². The maximum absolute atomic E-state index is 12.4. The van der Waals surface area contributed by atoms with Crippen molar-refractivity contribution in [1.29, 1.82) is 0 Å². The minimum absolute atomic E-state index is 0.0675. The second-order valence-electron chi connectivity index (χ2n) is 6.35. The molecule has 5 heteroatoms. The molecule has 0 radical (unpaired) electrons. The second kappa shape index (κ2) is 7.38. The lowest BCUT2D eigenvalue weighted by Gasteiger charge is -2.38. The van der Waals surface area contributed by atoms with Gasteiger partial charge in [0.05, 0.1) is 19.1 Å². The summed E-state index contributed by atoms with van der Waals surface area (Å²) in [6.07, 6.45) is 2.35. The number of likely N-dealkylation sites (tertiary alicyclic amines) is 1. The van der Waals surface area contributed by atoms with Crippen molar-refractivity contribution in [2.24, 2.45) is 17.6 Å². The van der Waals surface area contributed by atoms with Crippen LogP contribution in [0.1, 0.15) is 26.7 Å². The molecule has 3 unspecified atom stereocenters. The van der Waals surface area contributed by atoms with Crippen LogP contribution < -0.4 is 5.73 Å². The summed E-state index contributed by atoms with van der Waals surface area (Å²) >= 11 is 0. The van der Waals surface area contributed by atoms with Crippen LogP contribution in [0, 0.1) is 11.8 Å². The first-order valence-electron chi connectivity index (χ1n) is 7.92. The Balaban J connectivity index is 1.83. The summed E-state index contributed by atoms with van der Waals surface area (Å²) in [4.78, 5) is 16.9. The Hall–Kier alpha value is -0.650. The van der Waals surface area contributed by atoms with Crippen LogP contribution in [-0.2, 0) is 9.53 Å². The quantitative estimate of drug-likeness (QED) is 0.818. The summed E-state index contributed by atoms with van der Waals surface area (Å²) in [5.41, 5.74) is 5.86. The summed E-state index contributed by atoms with van der Waals surface area (Å²) in [7, 11) is 0. The average Bonchev–Trinajstić information content (AvgIpc) is 2.47. The van der Waals surface area contributed by atoms with Gasteiger partial charge in [0, 0.05) is 38.8 Å². The smallest absolute Gasteiger partial charge is 0.226 e. The molecule has 20 heavy (non-hydrogen) atoms. The van der Waals surface area contributed by atoms with E-state index >= 15 is 0 Å². The molecule has 2 saturated heterocycles. The number of carbonyl (C=O) groups is 1. The van der Waals surface area contributed by atoms with Crippen molar-refractivity contribution in [3.8, 4) is 0 Å². The normalized spacial score (nSPS) is 28.1. The van der Waals surface area contributed by atoms with Gasteiger partial charge in [-0.05, 0) is 25.7 Å². The third kappa shape index (κ3) is 4.17. The Kier molecular flexibility index (Phi) is 5.81. The second-order valence-corrected chi connectivity index (χ2v) is 6.35. The zero-order valence-corrected chi connectivity index (χ0v) is 12.9. The molecule has 0 aromatic rings. The van der Waals surface area contributed by atoms with Crippen LogP contribution in [0.4, 0.5) is 0 Å². The molecule has 3 atom stereocenters. The molecule has 116 valence electrons. The topological polar surface area (TPSA) is 58.8 Å². The van der Waals surface area contributed by atoms with Gasteiger partial charge >= 0.3 is 0 Å². The standard InChI is InChI=1S/C15H29N3O2/c1-12(13(2)16)15(19)18-5-3-4-14(11-18)10-17-6-8-20-9-7-17/h12-14H,3-11,16H2,1-2H3. The van der Waals surface area contributed by atoms with Gasteiger partial charge in [0.2, 0.25) is 5.91 Å². The van der Waals surface area contributed by atoms with Crippen molar-refractivity contribution in [3.63, 3.8) is 0 Å². The largest absolute Gasteiger partial charge is 0.379 e. The van der Waals surface area contributed by atoms with Crippen molar-refractivity contribution in [2.45, 2.75) is 32.7 Å². The minimum atomic E-state index is -0.0721. The lowest BCUT2D eigenvalue weighted by Crippen LogP contribution is -2.49. The van der Waals surface area contributed by atoms with Crippen molar-refractivity contribution in [2.75, 3.05) is 45.9 Å². The summed E-state index contributed by atoms with van der Waals surface area (Å²) in [6.45, 7) is 10.5. The highest BCUT2D eigenvalue weighted by atomic mass is 16.5. The van der Waals surface area contributed by atoms with E-state index in [9.17, 15) is 4.79 Å². The number of nitrogens with two attached hydrogens (primary N) is 1. The molecule has 0 aromatic heterocycles. The first kappa shape index (κ1) is 15.7. The molecule has 0 bridgehead atoms. The highest BCUT2D eigenvalue weighted by Crippen LogP contribution is 2.20. The molecule has 2 N–H and O–H groups in total. The Bertz CT molecular complexity index is 316. The highest BCUT2D eigenvalue weighted by molar-refractivity contribution is 5.79. The fourth-order valence-corrected chi connectivity index (χ4v) is 3.08. The number of carbonyl (C=O) groups excluding carboxylic acids is 1. The predicted octanol–water partition coefficient (Wildman–Crippen LogP) is 0.541. The number of hydrogen-bond acceptors (Lipinski definition) is 4. The maximum Gasteiger partial charge on any atom is 0.226 e. The number of piperidine rings is 1. The lowest BCUT2D eigenvalue weighted by atomic mass is 9.94. The van der Waals surface area contributed by atoms with E-state index in [1.165, 1.54) is 6.42 Å². The van der Waals surface area contributed by atoms with E-state index < -0.39 is 0 Å². The number of ether oxygens (including phenoxy) is 1. The Morgan fingerprint density at radius 3 is 2.65 bits per heavy atom. The van der Waals surface area contributed by atoms with Gasteiger partial charge in [-0.2, -0.15) is 0 Å². The van der Waals surface area contributed by atoms with E-state index in [4.69, 9.17) is 10.5 Å². The SMILES string of the molecule is CC(N)C(C)C(=O)N1CCCC(CN2CCOCC2)C1. The summed E-state index contributed by atoms with van der Waals surface area (Å²) in [6, 6.07) is -0.0675. The maximum atomic E-state index is 12.4. The minimum Gasteiger partial charge on any atom is -0.379 e. The van der Waals surface area contributed by atoms with E-state index in [2.05, 4.69) is 4.90 Å². The van der Waals surface area contributed by atoms with Crippen molar-refractivity contribution < 1.29 is 9.53 Å². The van der Waals surface area contributed by atoms with Crippen LogP contribution in [0.2, 0.25) is 0 Å². The van der Waals surface area contributed by atoms with Gasteiger partial charge in [0.25, 0.3) is 0 Å². The summed E-state index contributed by atoms with van der Waals surface area (Å²) in [5.74, 6) is 0.759. The zero-order chi connectivity index (χ0) is 14.5. The molecule has 2 heterocycles. The van der Waals surface area contributed by atoms with Gasteiger partial charge in [-0.15, -0.1) is 0 Å². The molecule has 2 fully saturated rings. The number of hydrogen-bond donors (Lipinski definition) is 1. The van der Waals surface area contributed by atoms with E-state index in [-0.39, 0.29) is 17.9 Å².